The molecule has 0 aliphatic heterocycles. The molecule has 118 valence electrons. The third kappa shape index (κ3) is 4.72. The van der Waals surface area contributed by atoms with Crippen LogP contribution in [0.15, 0.2) is 59.5 Å². The largest absolute Gasteiger partial charge is 0.241 e. The Labute approximate surface area is 158 Å². The smallest absolute Gasteiger partial charge is 0.207 e. The number of halogens is 4. The summed E-state index contributed by atoms with van der Waals surface area (Å²) in [6, 6.07) is 14.0. The third-order valence-corrected chi connectivity index (χ3v) is 5.67. The molecule has 0 unspecified atom stereocenters. The molecule has 0 aliphatic rings. The molecule has 22 heavy (non-hydrogen) atoms. The second-order valence-corrected chi connectivity index (χ2v) is 9.79. The monoisotopic (exact) mass is 489 g/mol. The zero-order valence-corrected chi connectivity index (χ0v) is 16.3. The van der Waals surface area contributed by atoms with E-state index in [0.29, 0.717) is 5.56 Å². The minimum Gasteiger partial charge on any atom is -0.207 e. The van der Waals surface area contributed by atoms with Crippen LogP contribution in [-0.4, -0.2) is 12.2 Å². The minimum absolute atomic E-state index is 0.111. The molecule has 0 heterocycles. The lowest BCUT2D eigenvalue weighted by Crippen LogP contribution is -2.36. The maximum atomic E-state index is 12.4. The van der Waals surface area contributed by atoms with Crippen molar-refractivity contribution in [1.29, 1.82) is 0 Å². The van der Waals surface area contributed by atoms with Gasteiger partial charge in [0, 0.05) is 3.57 Å². The lowest BCUT2D eigenvalue weighted by Gasteiger charge is -2.26. The van der Waals surface area contributed by atoms with Gasteiger partial charge in [0.1, 0.15) is 0 Å². The van der Waals surface area contributed by atoms with Crippen molar-refractivity contribution in [3.05, 3.63) is 63.7 Å². The van der Waals surface area contributed by atoms with Crippen molar-refractivity contribution in [3.63, 3.8) is 0 Å². The molecule has 2 rings (SSSR count). The maximum absolute atomic E-state index is 12.4. The highest BCUT2D eigenvalue weighted by Crippen LogP contribution is 2.40. The first-order valence-corrected chi connectivity index (χ1v) is 9.79. The molecule has 0 amide bonds. The van der Waals surface area contributed by atoms with Crippen LogP contribution >= 0.6 is 57.4 Å². The standard InChI is InChI=1S/C14H11Cl3INO2S/c15-14(16,17)13(10-6-8-11(18)9-7-10)19-22(20,21)12-4-2-1-3-5-12/h1-9,13,19H/t13-/m1/s1. The van der Waals surface area contributed by atoms with Gasteiger partial charge < -0.3 is 0 Å². The van der Waals surface area contributed by atoms with Gasteiger partial charge in [-0.1, -0.05) is 65.1 Å². The Kier molecular flexibility index (Phi) is 6.01. The first-order chi connectivity index (χ1) is 10.2. The summed E-state index contributed by atoms with van der Waals surface area (Å²) in [6.45, 7) is 0. The number of hydrogen-bond donors (Lipinski definition) is 1. The van der Waals surface area contributed by atoms with E-state index < -0.39 is 19.9 Å². The van der Waals surface area contributed by atoms with E-state index >= 15 is 0 Å². The van der Waals surface area contributed by atoms with Gasteiger partial charge in [0.25, 0.3) is 0 Å². The van der Waals surface area contributed by atoms with Crippen LogP contribution in [0.3, 0.4) is 0 Å². The van der Waals surface area contributed by atoms with E-state index in [1.807, 2.05) is 12.1 Å². The van der Waals surface area contributed by atoms with Crippen molar-refractivity contribution in [3.8, 4) is 0 Å². The molecule has 0 saturated carbocycles. The third-order valence-electron chi connectivity index (χ3n) is 2.86. The van der Waals surface area contributed by atoms with E-state index in [1.54, 1.807) is 30.3 Å². The highest BCUT2D eigenvalue weighted by molar-refractivity contribution is 14.1. The zero-order valence-electron chi connectivity index (χ0n) is 11.0. The summed E-state index contributed by atoms with van der Waals surface area (Å²) in [5.74, 6) is 0. The number of nitrogens with one attached hydrogen (secondary N) is 1. The Morgan fingerprint density at radius 2 is 1.50 bits per heavy atom. The number of alkyl halides is 3. The van der Waals surface area contributed by atoms with Gasteiger partial charge in [-0.05, 0) is 52.4 Å². The summed E-state index contributed by atoms with van der Waals surface area (Å²) < 4.78 is 26.5. The number of rotatable bonds is 4. The molecule has 0 bridgehead atoms. The molecule has 1 atom stereocenters. The Balaban J connectivity index is 2.38. The summed E-state index contributed by atoms with van der Waals surface area (Å²) in [7, 11) is -3.81. The maximum Gasteiger partial charge on any atom is 0.241 e. The summed E-state index contributed by atoms with van der Waals surface area (Å²) in [6.07, 6.45) is 0. The zero-order chi connectivity index (χ0) is 16.4. The second kappa shape index (κ2) is 7.23. The Bertz CT molecular complexity index is 731. The van der Waals surface area contributed by atoms with E-state index in [1.165, 1.54) is 12.1 Å². The minimum atomic E-state index is -3.81. The van der Waals surface area contributed by atoms with Gasteiger partial charge in [-0.15, -0.1) is 0 Å². The lowest BCUT2D eigenvalue weighted by molar-refractivity contribution is 0.558. The van der Waals surface area contributed by atoms with Crippen LogP contribution in [0, 0.1) is 3.57 Å². The van der Waals surface area contributed by atoms with Gasteiger partial charge in [0.15, 0.2) is 0 Å². The van der Waals surface area contributed by atoms with E-state index in [9.17, 15) is 8.42 Å². The average molecular weight is 491 g/mol. The van der Waals surface area contributed by atoms with Gasteiger partial charge >= 0.3 is 0 Å². The van der Waals surface area contributed by atoms with Gasteiger partial charge in [-0.3, -0.25) is 0 Å². The molecular weight excluding hydrogens is 479 g/mol. The van der Waals surface area contributed by atoms with Crippen molar-refractivity contribution in [2.45, 2.75) is 14.7 Å². The number of hydrogen-bond acceptors (Lipinski definition) is 2. The molecule has 2 aromatic rings. The topological polar surface area (TPSA) is 46.2 Å². The lowest BCUT2D eigenvalue weighted by atomic mass is 10.1. The van der Waals surface area contributed by atoms with Crippen LogP contribution in [0.5, 0.6) is 0 Å². The normalized spacial score (nSPS) is 13.8. The molecular formula is C14H11Cl3INO2S. The predicted octanol–water partition coefficient (Wildman–Crippen LogP) is 4.68. The second-order valence-electron chi connectivity index (χ2n) is 4.46. The van der Waals surface area contributed by atoms with Crippen LogP contribution < -0.4 is 4.72 Å². The van der Waals surface area contributed by atoms with Crippen molar-refractivity contribution < 1.29 is 8.42 Å². The predicted molar refractivity (Wildman–Crippen MR) is 99.0 cm³/mol. The molecule has 0 saturated heterocycles. The average Bonchev–Trinajstić information content (AvgIpc) is 2.46. The summed E-state index contributed by atoms with van der Waals surface area (Å²) in [5.41, 5.74) is 0.569. The van der Waals surface area contributed by atoms with Crippen LogP contribution in [0.2, 0.25) is 0 Å². The first kappa shape index (κ1) is 18.3. The van der Waals surface area contributed by atoms with E-state index in [0.717, 1.165) is 3.57 Å². The van der Waals surface area contributed by atoms with Gasteiger partial charge in [-0.2, -0.15) is 4.72 Å². The van der Waals surface area contributed by atoms with Gasteiger partial charge in [0.2, 0.25) is 13.8 Å². The molecule has 8 heteroatoms. The molecule has 0 fully saturated rings. The highest BCUT2D eigenvalue weighted by Gasteiger charge is 2.37. The van der Waals surface area contributed by atoms with E-state index in [-0.39, 0.29) is 4.90 Å². The Morgan fingerprint density at radius 1 is 0.955 bits per heavy atom. The van der Waals surface area contributed by atoms with Gasteiger partial charge in [-0.25, -0.2) is 8.42 Å². The summed E-state index contributed by atoms with van der Waals surface area (Å²) in [4.78, 5) is 0.111. The fourth-order valence-corrected chi connectivity index (χ4v) is 4.17. The molecule has 0 radical (unpaired) electrons. The quantitative estimate of drug-likeness (QED) is 0.500. The van der Waals surface area contributed by atoms with Crippen LogP contribution in [0.1, 0.15) is 11.6 Å². The van der Waals surface area contributed by atoms with Crippen LogP contribution in [0.4, 0.5) is 0 Å². The molecule has 0 aliphatic carbocycles. The SMILES string of the molecule is O=S(=O)(N[C@H](c1ccc(I)cc1)C(Cl)(Cl)Cl)c1ccccc1. The van der Waals surface area contributed by atoms with Crippen molar-refractivity contribution in [1.82, 2.24) is 4.72 Å². The highest BCUT2D eigenvalue weighted by atomic mass is 127. The van der Waals surface area contributed by atoms with Crippen LogP contribution in [0.25, 0.3) is 0 Å². The van der Waals surface area contributed by atoms with E-state index in [4.69, 9.17) is 34.8 Å². The molecule has 0 aromatic heterocycles. The molecule has 0 spiro atoms. The summed E-state index contributed by atoms with van der Waals surface area (Å²) >= 11 is 20.0. The van der Waals surface area contributed by atoms with E-state index in [2.05, 4.69) is 27.3 Å². The first-order valence-electron chi connectivity index (χ1n) is 6.10. The van der Waals surface area contributed by atoms with Crippen molar-refractivity contribution in [2.24, 2.45) is 0 Å². The fourth-order valence-electron chi connectivity index (χ4n) is 1.80. The van der Waals surface area contributed by atoms with Gasteiger partial charge in [0.05, 0.1) is 10.9 Å². The molecule has 3 nitrogen and oxygen atoms in total. The fraction of sp³-hybridized carbons (Fsp3) is 0.143. The number of sulfonamides is 1. The molecule has 1 N–H and O–H groups in total. The Hall–Kier alpha value is -0.0500. The number of benzene rings is 2. The van der Waals surface area contributed by atoms with Crippen molar-refractivity contribution in [2.75, 3.05) is 0 Å². The summed E-state index contributed by atoms with van der Waals surface area (Å²) in [5, 5.41) is 0. The molecule has 2 aromatic carbocycles. The Morgan fingerprint density at radius 3 is 2.00 bits per heavy atom. The van der Waals surface area contributed by atoms with Crippen molar-refractivity contribution >= 4 is 67.4 Å². The van der Waals surface area contributed by atoms with Crippen LogP contribution in [-0.2, 0) is 10.0 Å².